The first-order valence-corrected chi connectivity index (χ1v) is 5.73. The van der Waals surface area contributed by atoms with Gasteiger partial charge in [-0.15, -0.1) is 0 Å². The molecule has 0 aliphatic carbocycles. The summed E-state index contributed by atoms with van der Waals surface area (Å²) in [5.41, 5.74) is 2.44. The number of rotatable bonds is 3. The molecule has 0 spiro atoms. The van der Waals surface area contributed by atoms with Gasteiger partial charge >= 0.3 is 5.97 Å². The molecule has 1 aromatic carbocycles. The van der Waals surface area contributed by atoms with E-state index in [0.717, 1.165) is 11.1 Å². The van der Waals surface area contributed by atoms with Gasteiger partial charge in [0.15, 0.2) is 0 Å². The molecule has 0 radical (unpaired) electrons. The van der Waals surface area contributed by atoms with E-state index in [2.05, 4.69) is 27.4 Å². The van der Waals surface area contributed by atoms with Crippen molar-refractivity contribution in [1.29, 1.82) is 0 Å². The van der Waals surface area contributed by atoms with E-state index in [4.69, 9.17) is 5.11 Å². The fourth-order valence-electron chi connectivity index (χ4n) is 1.54. The lowest BCUT2D eigenvalue weighted by Crippen LogP contribution is -2.04. The van der Waals surface area contributed by atoms with Crippen molar-refractivity contribution < 1.29 is 9.90 Å². The van der Waals surface area contributed by atoms with Crippen molar-refractivity contribution in [3.05, 3.63) is 41.6 Å². The smallest absolute Gasteiger partial charge is 0.353 e. The summed E-state index contributed by atoms with van der Waals surface area (Å²) < 4.78 is 0. The van der Waals surface area contributed by atoms with Gasteiger partial charge < -0.3 is 10.4 Å². The Morgan fingerprint density at radius 3 is 2.74 bits per heavy atom. The molecule has 0 unspecified atom stereocenters. The predicted octanol–water partition coefficient (Wildman–Crippen LogP) is 1.35. The molecule has 1 heterocycles. The monoisotopic (exact) mass is 255 g/mol. The number of aromatic amines is 1. The van der Waals surface area contributed by atoms with Gasteiger partial charge in [0.1, 0.15) is 5.69 Å². The van der Waals surface area contributed by atoms with Gasteiger partial charge in [-0.05, 0) is 25.2 Å². The van der Waals surface area contributed by atoms with E-state index in [1.54, 1.807) is 0 Å². The zero-order valence-corrected chi connectivity index (χ0v) is 10.4. The molecule has 2 rings (SSSR count). The molecule has 3 N–H and O–H groups in total. The molecule has 0 amide bonds. The van der Waals surface area contributed by atoms with Gasteiger partial charge in [-0.2, -0.15) is 5.10 Å². The van der Waals surface area contributed by atoms with Gasteiger partial charge in [-0.3, -0.25) is 5.10 Å². The molecule has 0 aliphatic heterocycles. The fourth-order valence-corrected chi connectivity index (χ4v) is 1.54. The average Bonchev–Trinajstić information content (AvgIpc) is 2.90. The highest BCUT2D eigenvalue weighted by Crippen LogP contribution is 2.18. The van der Waals surface area contributed by atoms with Gasteiger partial charge in [0, 0.05) is 11.1 Å². The van der Waals surface area contributed by atoms with E-state index in [0.29, 0.717) is 12.2 Å². The molecule has 0 saturated carbocycles. The van der Waals surface area contributed by atoms with Crippen molar-refractivity contribution in [3.63, 3.8) is 0 Å². The van der Waals surface area contributed by atoms with Crippen molar-refractivity contribution in [2.45, 2.75) is 0 Å². The van der Waals surface area contributed by atoms with Crippen LogP contribution < -0.4 is 5.32 Å². The van der Waals surface area contributed by atoms with Crippen LogP contribution in [0, 0.1) is 11.8 Å². The molecule has 0 aliphatic rings. The van der Waals surface area contributed by atoms with Crippen molar-refractivity contribution in [3.8, 4) is 23.1 Å². The first kappa shape index (κ1) is 12.9. The number of carbonyl (C=O) groups is 1. The van der Waals surface area contributed by atoms with E-state index < -0.39 is 5.97 Å². The van der Waals surface area contributed by atoms with Crippen LogP contribution in [0.1, 0.15) is 16.1 Å². The fraction of sp³-hybridized carbons (Fsp3) is 0.143. The predicted molar refractivity (Wildman–Crippen MR) is 71.8 cm³/mol. The molecular weight excluding hydrogens is 242 g/mol. The first-order valence-electron chi connectivity index (χ1n) is 5.73. The third kappa shape index (κ3) is 3.21. The maximum Gasteiger partial charge on any atom is 0.353 e. The summed E-state index contributed by atoms with van der Waals surface area (Å²) in [5, 5.41) is 18.2. The summed E-state index contributed by atoms with van der Waals surface area (Å²) in [6.45, 7) is 0.642. The highest BCUT2D eigenvalue weighted by atomic mass is 16.4. The largest absolute Gasteiger partial charge is 0.477 e. The van der Waals surface area contributed by atoms with Gasteiger partial charge in [0.05, 0.1) is 12.2 Å². The van der Waals surface area contributed by atoms with Crippen LogP contribution in [-0.4, -0.2) is 34.9 Å². The number of nitrogens with zero attached hydrogens (tertiary/aromatic N) is 1. The average molecular weight is 255 g/mol. The second-order valence-electron chi connectivity index (χ2n) is 3.88. The Kier molecular flexibility index (Phi) is 3.96. The number of benzene rings is 1. The molecule has 19 heavy (non-hydrogen) atoms. The van der Waals surface area contributed by atoms with Crippen LogP contribution in [0.5, 0.6) is 0 Å². The molecule has 0 atom stereocenters. The molecular formula is C14H13N3O2. The summed E-state index contributed by atoms with van der Waals surface area (Å²) in [7, 11) is 1.84. The summed E-state index contributed by atoms with van der Waals surface area (Å²) >= 11 is 0. The SMILES string of the molecule is CNCC#Cc1ccc(-c2cc(C(=O)O)[nH]n2)cc1. The van der Waals surface area contributed by atoms with Crippen LogP contribution >= 0.6 is 0 Å². The number of aromatic carboxylic acids is 1. The van der Waals surface area contributed by atoms with Crippen LogP contribution in [0.4, 0.5) is 0 Å². The van der Waals surface area contributed by atoms with Crippen molar-refractivity contribution in [2.24, 2.45) is 0 Å². The lowest BCUT2D eigenvalue weighted by Gasteiger charge is -1.96. The zero-order chi connectivity index (χ0) is 13.7. The molecule has 5 nitrogen and oxygen atoms in total. The van der Waals surface area contributed by atoms with E-state index in [1.807, 2.05) is 31.3 Å². The third-order valence-electron chi connectivity index (χ3n) is 2.49. The number of carboxylic acids is 1. The van der Waals surface area contributed by atoms with Crippen molar-refractivity contribution in [2.75, 3.05) is 13.6 Å². The molecule has 1 aromatic heterocycles. The minimum Gasteiger partial charge on any atom is -0.477 e. The lowest BCUT2D eigenvalue weighted by atomic mass is 10.1. The molecule has 96 valence electrons. The molecule has 0 fully saturated rings. The standard InChI is InChI=1S/C14H13N3O2/c1-15-8-2-3-10-4-6-11(7-5-10)12-9-13(14(18)19)17-16-12/h4-7,9,15H,8H2,1H3,(H,16,17)(H,18,19). The van der Waals surface area contributed by atoms with E-state index >= 15 is 0 Å². The van der Waals surface area contributed by atoms with E-state index in [-0.39, 0.29) is 5.69 Å². The number of hydrogen-bond acceptors (Lipinski definition) is 3. The minimum atomic E-state index is -1.02. The highest BCUT2D eigenvalue weighted by Gasteiger charge is 2.08. The lowest BCUT2D eigenvalue weighted by molar-refractivity contribution is 0.0690. The number of nitrogens with one attached hydrogen (secondary N) is 2. The van der Waals surface area contributed by atoms with E-state index in [9.17, 15) is 4.79 Å². The Labute approximate surface area is 110 Å². The topological polar surface area (TPSA) is 78.0 Å². The molecule has 0 bridgehead atoms. The van der Waals surface area contributed by atoms with Gasteiger partial charge in [-0.1, -0.05) is 24.0 Å². The summed E-state index contributed by atoms with van der Waals surface area (Å²) in [4.78, 5) is 10.8. The summed E-state index contributed by atoms with van der Waals surface area (Å²) in [5.74, 6) is 4.96. The first-order chi connectivity index (χ1) is 9.20. The third-order valence-corrected chi connectivity index (χ3v) is 2.49. The second-order valence-corrected chi connectivity index (χ2v) is 3.88. The summed E-state index contributed by atoms with van der Waals surface area (Å²) in [6, 6.07) is 9.00. The Bertz CT molecular complexity index is 633. The normalized spacial score (nSPS) is 9.74. The summed E-state index contributed by atoms with van der Waals surface area (Å²) in [6.07, 6.45) is 0. The van der Waals surface area contributed by atoms with Crippen LogP contribution in [0.3, 0.4) is 0 Å². The molecule has 5 heteroatoms. The van der Waals surface area contributed by atoms with Crippen molar-refractivity contribution in [1.82, 2.24) is 15.5 Å². The van der Waals surface area contributed by atoms with Crippen LogP contribution in [0.2, 0.25) is 0 Å². The van der Waals surface area contributed by atoms with Crippen LogP contribution in [-0.2, 0) is 0 Å². The Morgan fingerprint density at radius 1 is 1.42 bits per heavy atom. The maximum absolute atomic E-state index is 10.8. The Hall–Kier alpha value is -2.58. The number of H-pyrrole nitrogens is 1. The van der Waals surface area contributed by atoms with Crippen molar-refractivity contribution >= 4 is 5.97 Å². The highest BCUT2D eigenvalue weighted by molar-refractivity contribution is 5.86. The van der Waals surface area contributed by atoms with E-state index in [1.165, 1.54) is 6.07 Å². The number of aromatic nitrogens is 2. The second kappa shape index (κ2) is 5.85. The maximum atomic E-state index is 10.8. The Balaban J connectivity index is 2.18. The number of hydrogen-bond donors (Lipinski definition) is 3. The minimum absolute atomic E-state index is 0.0767. The van der Waals surface area contributed by atoms with Gasteiger partial charge in [0.25, 0.3) is 0 Å². The zero-order valence-electron chi connectivity index (χ0n) is 10.4. The molecule has 0 saturated heterocycles. The van der Waals surface area contributed by atoms with Gasteiger partial charge in [0.2, 0.25) is 0 Å². The van der Waals surface area contributed by atoms with Gasteiger partial charge in [-0.25, -0.2) is 4.79 Å². The molecule has 2 aromatic rings. The van der Waals surface area contributed by atoms with Crippen LogP contribution in [0.25, 0.3) is 11.3 Å². The Morgan fingerprint density at radius 2 is 2.16 bits per heavy atom. The number of carboxylic acid groups (broad SMARTS) is 1. The van der Waals surface area contributed by atoms with Crippen LogP contribution in [0.15, 0.2) is 30.3 Å². The quantitative estimate of drug-likeness (QED) is 0.723.